The van der Waals surface area contributed by atoms with Crippen LogP contribution in [0.15, 0.2) is 182 Å². The van der Waals surface area contributed by atoms with Crippen molar-refractivity contribution >= 4 is 55.6 Å². The Labute approximate surface area is 280 Å². The van der Waals surface area contributed by atoms with E-state index >= 15 is 0 Å². The fourth-order valence-electron chi connectivity index (χ4n) is 6.24. The van der Waals surface area contributed by atoms with Gasteiger partial charge in [-0.3, -0.25) is 0 Å². The maximum Gasteiger partial charge on any atom is -0.0195 e. The molecule has 0 fully saturated rings. The summed E-state index contributed by atoms with van der Waals surface area (Å²) in [7, 11) is -1.20. The predicted molar refractivity (Wildman–Crippen MR) is 209 cm³/mol. The quantitative estimate of drug-likeness (QED) is 0.0971. The van der Waals surface area contributed by atoms with Crippen LogP contribution in [-0.4, -0.2) is 18.5 Å². The molecule has 0 saturated heterocycles. The molecule has 3 heteroatoms. The van der Waals surface area contributed by atoms with Gasteiger partial charge in [-0.15, -0.1) is 0 Å². The molecule has 0 amide bonds. The summed E-state index contributed by atoms with van der Waals surface area (Å²) in [4.78, 5) is 0. The molecule has 0 unspecified atom stereocenters. The van der Waals surface area contributed by atoms with E-state index in [1.807, 2.05) is 0 Å². The van der Waals surface area contributed by atoms with E-state index < -0.39 is 23.8 Å². The lowest BCUT2D eigenvalue weighted by molar-refractivity contribution is 0.486. The van der Waals surface area contributed by atoms with E-state index in [1.54, 1.807) is 0 Å². The second-order valence-corrected chi connectivity index (χ2v) is 18.7. The van der Waals surface area contributed by atoms with Gasteiger partial charge in [0, 0.05) is 0 Å². The van der Waals surface area contributed by atoms with Gasteiger partial charge in [0.1, 0.15) is 0 Å². The highest BCUT2D eigenvalue weighted by molar-refractivity contribution is 7.73. The highest BCUT2D eigenvalue weighted by atomic mass is 31.1. The molecular weight excluding hydrogens is 609 g/mol. The molecule has 0 bridgehead atoms. The van der Waals surface area contributed by atoms with E-state index in [-0.39, 0.29) is 0 Å². The minimum atomic E-state index is -0.400. The summed E-state index contributed by atoms with van der Waals surface area (Å²) in [6.45, 7) is 0. The largest absolute Gasteiger partial charge is 0.0622 e. The zero-order valence-electron chi connectivity index (χ0n) is 26.5. The molecule has 0 atom stereocenters. The summed E-state index contributed by atoms with van der Waals surface area (Å²) in [6.07, 6.45) is 7.48. The fourth-order valence-corrected chi connectivity index (χ4v) is 13.7. The summed E-state index contributed by atoms with van der Waals surface area (Å²) < 4.78 is 0. The van der Waals surface area contributed by atoms with Gasteiger partial charge < -0.3 is 0 Å². The lowest BCUT2D eigenvalue weighted by Crippen LogP contribution is -2.20. The first kappa shape index (κ1) is 32.5. The van der Waals surface area contributed by atoms with Crippen molar-refractivity contribution in [1.82, 2.24) is 0 Å². The molecule has 0 spiro atoms. The zero-order valence-corrected chi connectivity index (χ0v) is 29.2. The van der Waals surface area contributed by atoms with Crippen molar-refractivity contribution in [3.63, 3.8) is 0 Å². The highest BCUT2D eigenvalue weighted by Crippen LogP contribution is 2.42. The van der Waals surface area contributed by atoms with Crippen LogP contribution in [-0.2, 0) is 0 Å². The Hall–Kier alpha value is -3.39. The van der Waals surface area contributed by atoms with E-state index in [2.05, 4.69) is 182 Å². The van der Waals surface area contributed by atoms with Gasteiger partial charge in [-0.2, -0.15) is 0 Å². The molecule has 0 aliphatic carbocycles. The van der Waals surface area contributed by atoms with Crippen molar-refractivity contribution in [1.29, 1.82) is 0 Å². The van der Waals surface area contributed by atoms with E-state index in [4.69, 9.17) is 0 Å². The molecular formula is C43H43P3. The molecule has 6 aromatic rings. The Morgan fingerprint density at radius 3 is 0.609 bits per heavy atom. The maximum atomic E-state index is 2.35. The number of hydrogen-bond acceptors (Lipinski definition) is 0. The summed E-state index contributed by atoms with van der Waals surface area (Å²) in [5.41, 5.74) is 0. The smallest absolute Gasteiger partial charge is 0.0195 e. The van der Waals surface area contributed by atoms with E-state index in [0.717, 1.165) is 0 Å². The molecule has 46 heavy (non-hydrogen) atoms. The van der Waals surface area contributed by atoms with Crippen LogP contribution in [0.4, 0.5) is 0 Å². The first-order chi connectivity index (χ1) is 22.8. The Balaban J connectivity index is 1.27. The topological polar surface area (TPSA) is 0 Å². The van der Waals surface area contributed by atoms with E-state index in [9.17, 15) is 0 Å². The average molecular weight is 653 g/mol. The van der Waals surface area contributed by atoms with Crippen molar-refractivity contribution in [3.8, 4) is 0 Å². The third kappa shape index (κ3) is 9.11. The third-order valence-electron chi connectivity index (χ3n) is 8.69. The SMILES string of the molecule is c1ccc(P(CCC(CCP(c2ccccc2)c2ccccc2)CCP(c2ccccc2)c2ccccc2)c2ccccc2)cc1. The Bertz CT molecular complexity index is 1350. The fraction of sp³-hybridized carbons (Fsp3) is 0.163. The van der Waals surface area contributed by atoms with Gasteiger partial charge in [-0.05, 0) is 99.3 Å². The van der Waals surface area contributed by atoms with Crippen LogP contribution in [0.25, 0.3) is 0 Å². The van der Waals surface area contributed by atoms with Crippen LogP contribution < -0.4 is 31.8 Å². The summed E-state index contributed by atoms with van der Waals surface area (Å²) in [5, 5.41) is 8.97. The molecule has 0 aliphatic heterocycles. The maximum absolute atomic E-state index is 2.35. The normalized spacial score (nSPS) is 11.5. The zero-order chi connectivity index (χ0) is 31.2. The van der Waals surface area contributed by atoms with Crippen molar-refractivity contribution in [2.24, 2.45) is 5.92 Å². The van der Waals surface area contributed by atoms with Crippen LogP contribution in [0.3, 0.4) is 0 Å². The van der Waals surface area contributed by atoms with Gasteiger partial charge in [0.2, 0.25) is 0 Å². The molecule has 0 heterocycles. The Morgan fingerprint density at radius 1 is 0.261 bits per heavy atom. The highest BCUT2D eigenvalue weighted by Gasteiger charge is 2.22. The van der Waals surface area contributed by atoms with Gasteiger partial charge in [0.05, 0.1) is 0 Å². The average Bonchev–Trinajstić information content (AvgIpc) is 3.14. The molecule has 230 valence electrons. The van der Waals surface area contributed by atoms with Gasteiger partial charge >= 0.3 is 0 Å². The molecule has 0 saturated carbocycles. The summed E-state index contributed by atoms with van der Waals surface area (Å²) in [5.74, 6) is 0.673. The minimum absolute atomic E-state index is 0.400. The minimum Gasteiger partial charge on any atom is -0.0622 e. The van der Waals surface area contributed by atoms with Gasteiger partial charge in [-0.1, -0.05) is 182 Å². The van der Waals surface area contributed by atoms with Crippen molar-refractivity contribution in [2.75, 3.05) is 18.5 Å². The first-order valence-electron chi connectivity index (χ1n) is 16.5. The second-order valence-electron chi connectivity index (χ2n) is 11.7. The van der Waals surface area contributed by atoms with Crippen molar-refractivity contribution in [2.45, 2.75) is 19.3 Å². The molecule has 0 N–H and O–H groups in total. The van der Waals surface area contributed by atoms with E-state index in [0.29, 0.717) is 5.92 Å². The molecule has 6 rings (SSSR count). The van der Waals surface area contributed by atoms with Crippen molar-refractivity contribution < 1.29 is 0 Å². The van der Waals surface area contributed by atoms with Crippen molar-refractivity contribution in [3.05, 3.63) is 182 Å². The standard InChI is InChI=1S/C43H43P3/c1-7-19-38(20-8-1)44(39-21-9-2-10-22-39)34-31-37(32-35-45(40-23-11-3-12-24-40)41-25-13-4-14-26-41)33-36-46(42-27-15-5-16-28-42)43-29-17-6-18-30-43/h1-30,37H,31-36H2. The summed E-state index contributed by atoms with van der Waals surface area (Å²) >= 11 is 0. The summed E-state index contributed by atoms with van der Waals surface area (Å²) in [6, 6.07) is 67.6. The first-order valence-corrected chi connectivity index (χ1v) is 21.1. The van der Waals surface area contributed by atoms with Crippen LogP contribution in [0.2, 0.25) is 0 Å². The number of benzene rings is 6. The number of hydrogen-bond donors (Lipinski definition) is 0. The van der Waals surface area contributed by atoms with Crippen LogP contribution in [0.1, 0.15) is 19.3 Å². The lowest BCUT2D eigenvalue weighted by Gasteiger charge is -2.27. The van der Waals surface area contributed by atoms with Crippen LogP contribution >= 0.6 is 23.8 Å². The van der Waals surface area contributed by atoms with Crippen LogP contribution in [0.5, 0.6) is 0 Å². The van der Waals surface area contributed by atoms with Gasteiger partial charge in [0.15, 0.2) is 0 Å². The Kier molecular flexibility index (Phi) is 12.4. The molecule has 0 aliphatic rings. The monoisotopic (exact) mass is 652 g/mol. The molecule has 6 aromatic carbocycles. The molecule has 0 aromatic heterocycles. The van der Waals surface area contributed by atoms with E-state index in [1.165, 1.54) is 69.6 Å². The number of rotatable bonds is 15. The van der Waals surface area contributed by atoms with Gasteiger partial charge in [-0.25, -0.2) is 0 Å². The molecule has 0 radical (unpaired) electrons. The molecule has 0 nitrogen and oxygen atoms in total. The van der Waals surface area contributed by atoms with Crippen LogP contribution in [0, 0.1) is 5.92 Å². The lowest BCUT2D eigenvalue weighted by atomic mass is 10.0. The Morgan fingerprint density at radius 2 is 0.435 bits per heavy atom. The predicted octanol–water partition coefficient (Wildman–Crippen LogP) is 9.17. The second kappa shape index (κ2) is 17.5. The third-order valence-corrected chi connectivity index (χ3v) is 16.3. The van der Waals surface area contributed by atoms with Gasteiger partial charge in [0.25, 0.3) is 0 Å².